The lowest BCUT2D eigenvalue weighted by Crippen LogP contribution is -2.41. The van der Waals surface area contributed by atoms with Gasteiger partial charge in [-0.05, 0) is 38.1 Å². The summed E-state index contributed by atoms with van der Waals surface area (Å²) in [5, 5.41) is 15.0. The molecule has 0 saturated carbocycles. The van der Waals surface area contributed by atoms with E-state index < -0.39 is 0 Å². The van der Waals surface area contributed by atoms with E-state index in [2.05, 4.69) is 38.3 Å². The molecule has 4 rings (SSSR count). The van der Waals surface area contributed by atoms with E-state index in [0.717, 1.165) is 53.6 Å². The van der Waals surface area contributed by atoms with E-state index in [-0.39, 0.29) is 0 Å². The van der Waals surface area contributed by atoms with Crippen LogP contribution in [0.3, 0.4) is 0 Å². The van der Waals surface area contributed by atoms with Crippen molar-refractivity contribution >= 4 is 27.6 Å². The summed E-state index contributed by atoms with van der Waals surface area (Å²) in [6.07, 6.45) is 5.64. The summed E-state index contributed by atoms with van der Waals surface area (Å²) in [5.74, 6) is 0. The van der Waals surface area contributed by atoms with Gasteiger partial charge >= 0.3 is 0 Å². The molecular formula is C17H18N6. The summed E-state index contributed by atoms with van der Waals surface area (Å²) in [6, 6.07) is 6.64. The van der Waals surface area contributed by atoms with Gasteiger partial charge in [0.05, 0.1) is 17.4 Å². The summed E-state index contributed by atoms with van der Waals surface area (Å²) < 4.78 is 0. The number of aromatic nitrogens is 3. The molecule has 0 aliphatic carbocycles. The highest BCUT2D eigenvalue weighted by Gasteiger charge is 2.24. The number of hydrogen-bond acceptors (Lipinski definition) is 5. The number of anilines is 1. The Bertz CT molecular complexity index is 900. The quantitative estimate of drug-likeness (QED) is 0.758. The maximum Gasteiger partial charge on any atom is 0.164 e. The van der Waals surface area contributed by atoms with E-state index in [4.69, 9.17) is 0 Å². The van der Waals surface area contributed by atoms with E-state index in [1.54, 1.807) is 12.4 Å². The van der Waals surface area contributed by atoms with Crippen molar-refractivity contribution in [1.82, 2.24) is 20.3 Å². The van der Waals surface area contributed by atoms with Crippen molar-refractivity contribution in [1.29, 1.82) is 5.26 Å². The lowest BCUT2D eigenvalue weighted by molar-refractivity contribution is 0.443. The van der Waals surface area contributed by atoms with Crippen molar-refractivity contribution in [3.8, 4) is 6.07 Å². The molecule has 1 fully saturated rings. The molecule has 4 heterocycles. The van der Waals surface area contributed by atoms with E-state index in [9.17, 15) is 5.26 Å². The van der Waals surface area contributed by atoms with Gasteiger partial charge in [-0.2, -0.15) is 5.26 Å². The monoisotopic (exact) mass is 306 g/mol. The standard InChI is InChI=1S/C17H18N6/c1-23(11-4-7-19-8-5-11)16-13(9-18)21-10-14-15(16)12-3-2-6-20-17(12)22-14/h2-3,6,10-11,19H,4-5,7-8H2,1H3,(H,20,22). The Balaban J connectivity index is 1.97. The molecule has 0 bridgehead atoms. The number of H-pyrrole nitrogens is 1. The van der Waals surface area contributed by atoms with Crippen LogP contribution in [-0.4, -0.2) is 41.1 Å². The summed E-state index contributed by atoms with van der Waals surface area (Å²) >= 11 is 0. The van der Waals surface area contributed by atoms with Crippen LogP contribution in [0.4, 0.5) is 5.69 Å². The highest BCUT2D eigenvalue weighted by atomic mass is 15.2. The number of hydrogen-bond donors (Lipinski definition) is 2. The van der Waals surface area contributed by atoms with Gasteiger partial charge in [-0.15, -0.1) is 0 Å². The van der Waals surface area contributed by atoms with Gasteiger partial charge in [0.15, 0.2) is 5.69 Å². The van der Waals surface area contributed by atoms with Crippen LogP contribution in [0.25, 0.3) is 21.9 Å². The van der Waals surface area contributed by atoms with Crippen LogP contribution in [0.1, 0.15) is 18.5 Å². The molecule has 23 heavy (non-hydrogen) atoms. The van der Waals surface area contributed by atoms with Gasteiger partial charge in [-0.25, -0.2) is 9.97 Å². The predicted molar refractivity (Wildman–Crippen MR) is 90.4 cm³/mol. The van der Waals surface area contributed by atoms with E-state index in [1.165, 1.54) is 0 Å². The van der Waals surface area contributed by atoms with Gasteiger partial charge in [0.2, 0.25) is 0 Å². The fourth-order valence-corrected chi connectivity index (χ4v) is 3.50. The molecule has 1 saturated heterocycles. The smallest absolute Gasteiger partial charge is 0.164 e. The number of pyridine rings is 2. The molecule has 2 N–H and O–H groups in total. The summed E-state index contributed by atoms with van der Waals surface area (Å²) in [4.78, 5) is 14.3. The summed E-state index contributed by atoms with van der Waals surface area (Å²) in [5.41, 5.74) is 3.15. The lowest BCUT2D eigenvalue weighted by Gasteiger charge is -2.34. The van der Waals surface area contributed by atoms with Crippen molar-refractivity contribution < 1.29 is 0 Å². The third-order valence-electron chi connectivity index (χ3n) is 4.70. The average Bonchev–Trinajstić information content (AvgIpc) is 2.99. The molecule has 0 spiro atoms. The third kappa shape index (κ3) is 2.21. The van der Waals surface area contributed by atoms with E-state index in [1.807, 2.05) is 12.1 Å². The SMILES string of the molecule is CN(c1c(C#N)ncc2[nH]c3ncccc3c12)C1CCNCC1. The van der Waals surface area contributed by atoms with Crippen LogP contribution in [0, 0.1) is 11.3 Å². The summed E-state index contributed by atoms with van der Waals surface area (Å²) in [6.45, 7) is 2.02. The molecule has 3 aromatic heterocycles. The van der Waals surface area contributed by atoms with Gasteiger partial charge in [-0.3, -0.25) is 0 Å². The van der Waals surface area contributed by atoms with Gasteiger partial charge < -0.3 is 15.2 Å². The summed E-state index contributed by atoms with van der Waals surface area (Å²) in [7, 11) is 2.07. The van der Waals surface area contributed by atoms with Gasteiger partial charge in [0.25, 0.3) is 0 Å². The Labute approximate surface area is 134 Å². The zero-order valence-corrected chi connectivity index (χ0v) is 13.0. The number of nitriles is 1. The molecule has 0 unspecified atom stereocenters. The Hall–Kier alpha value is -2.65. The van der Waals surface area contributed by atoms with Crippen LogP contribution in [-0.2, 0) is 0 Å². The Morgan fingerprint density at radius 3 is 2.91 bits per heavy atom. The number of aromatic amines is 1. The van der Waals surface area contributed by atoms with E-state index in [0.29, 0.717) is 11.7 Å². The fraction of sp³-hybridized carbons (Fsp3) is 0.353. The van der Waals surface area contributed by atoms with Crippen LogP contribution in [0.5, 0.6) is 0 Å². The number of nitrogens with one attached hydrogen (secondary N) is 2. The van der Waals surface area contributed by atoms with Crippen molar-refractivity contribution in [3.05, 3.63) is 30.2 Å². The van der Waals surface area contributed by atoms with Crippen LogP contribution in [0.2, 0.25) is 0 Å². The fourth-order valence-electron chi connectivity index (χ4n) is 3.50. The second-order valence-electron chi connectivity index (χ2n) is 5.97. The minimum Gasteiger partial charge on any atom is -0.369 e. The molecule has 1 aliphatic rings. The molecule has 3 aromatic rings. The van der Waals surface area contributed by atoms with Crippen molar-refractivity contribution in [3.63, 3.8) is 0 Å². The first-order chi connectivity index (χ1) is 11.3. The second-order valence-corrected chi connectivity index (χ2v) is 5.97. The molecule has 0 amide bonds. The maximum absolute atomic E-state index is 9.56. The van der Waals surface area contributed by atoms with Crippen LogP contribution in [0.15, 0.2) is 24.5 Å². The van der Waals surface area contributed by atoms with Crippen LogP contribution >= 0.6 is 0 Å². The molecule has 6 nitrogen and oxygen atoms in total. The third-order valence-corrected chi connectivity index (χ3v) is 4.70. The minimum atomic E-state index is 0.414. The maximum atomic E-state index is 9.56. The largest absolute Gasteiger partial charge is 0.369 e. The van der Waals surface area contributed by atoms with Gasteiger partial charge in [0, 0.05) is 30.1 Å². The highest BCUT2D eigenvalue weighted by molar-refractivity contribution is 6.13. The zero-order chi connectivity index (χ0) is 15.8. The molecule has 6 heteroatoms. The lowest BCUT2D eigenvalue weighted by atomic mass is 10.0. The van der Waals surface area contributed by atoms with Crippen molar-refractivity contribution in [2.75, 3.05) is 25.0 Å². The van der Waals surface area contributed by atoms with Crippen LogP contribution < -0.4 is 10.2 Å². The zero-order valence-electron chi connectivity index (χ0n) is 13.0. The van der Waals surface area contributed by atoms with Crippen molar-refractivity contribution in [2.45, 2.75) is 18.9 Å². The molecule has 0 aromatic carbocycles. The minimum absolute atomic E-state index is 0.414. The average molecular weight is 306 g/mol. The normalized spacial score (nSPS) is 15.8. The molecule has 1 aliphatic heterocycles. The number of piperidine rings is 1. The predicted octanol–water partition coefficient (Wildman–Crippen LogP) is 2.17. The van der Waals surface area contributed by atoms with Crippen molar-refractivity contribution in [2.24, 2.45) is 0 Å². The Morgan fingerprint density at radius 1 is 1.30 bits per heavy atom. The topological polar surface area (TPSA) is 80.6 Å². The molecule has 0 radical (unpaired) electrons. The first-order valence-electron chi connectivity index (χ1n) is 7.88. The second kappa shape index (κ2) is 5.52. The van der Waals surface area contributed by atoms with Gasteiger partial charge in [0.1, 0.15) is 11.7 Å². The molecule has 116 valence electrons. The molecular weight excluding hydrogens is 288 g/mol. The number of fused-ring (bicyclic) bond motifs is 3. The first-order valence-corrected chi connectivity index (χ1v) is 7.88. The van der Waals surface area contributed by atoms with Gasteiger partial charge in [-0.1, -0.05) is 0 Å². The number of rotatable bonds is 2. The first kappa shape index (κ1) is 14.0. The van der Waals surface area contributed by atoms with E-state index >= 15 is 0 Å². The molecule has 0 atom stereocenters. The Morgan fingerprint density at radius 2 is 2.13 bits per heavy atom. The highest BCUT2D eigenvalue weighted by Crippen LogP contribution is 2.35. The Kier molecular flexibility index (Phi) is 3.36. The number of nitrogens with zero attached hydrogens (tertiary/aromatic N) is 4.